The maximum absolute atomic E-state index is 11.0. The summed E-state index contributed by atoms with van der Waals surface area (Å²) in [6.07, 6.45) is -0.637. The van der Waals surface area contributed by atoms with Crippen LogP contribution in [0.4, 0.5) is 4.79 Å². The molecule has 1 unspecified atom stereocenters. The summed E-state index contributed by atoms with van der Waals surface area (Å²) in [6, 6.07) is 3.82. The number of aromatic nitrogens is 1. The molecule has 1 aromatic rings. The predicted octanol–water partition coefficient (Wildman–Crippen LogP) is 1.77. The van der Waals surface area contributed by atoms with E-state index >= 15 is 0 Å². The van der Waals surface area contributed by atoms with Crippen LogP contribution in [0.1, 0.15) is 32.2 Å². The van der Waals surface area contributed by atoms with Crippen LogP contribution in [0.15, 0.2) is 12.1 Å². The van der Waals surface area contributed by atoms with E-state index in [2.05, 4.69) is 36.4 Å². The van der Waals surface area contributed by atoms with Crippen LogP contribution in [0, 0.1) is 6.92 Å². The monoisotopic (exact) mass is 293 g/mol. The van der Waals surface area contributed by atoms with Crippen molar-refractivity contribution in [3.63, 3.8) is 0 Å². The second-order valence-electron chi connectivity index (χ2n) is 6.22. The molecular formula is C15H23N3O3. The fraction of sp³-hybridized carbons (Fsp3) is 0.600. The SMILES string of the molecule is Cc1ccc(OCC2CNC(=O)O2)c(CNC(C)(C)C)n1. The molecule has 1 amide bonds. The Bertz CT molecular complexity index is 511. The van der Waals surface area contributed by atoms with E-state index in [0.717, 1.165) is 17.1 Å². The van der Waals surface area contributed by atoms with Crippen molar-refractivity contribution in [2.24, 2.45) is 0 Å². The molecule has 6 heteroatoms. The van der Waals surface area contributed by atoms with E-state index in [1.54, 1.807) is 0 Å². The number of rotatable bonds is 5. The van der Waals surface area contributed by atoms with Gasteiger partial charge in [-0.3, -0.25) is 4.98 Å². The summed E-state index contributed by atoms with van der Waals surface area (Å²) in [7, 11) is 0. The van der Waals surface area contributed by atoms with Crippen LogP contribution in [0.5, 0.6) is 5.75 Å². The highest BCUT2D eigenvalue weighted by Crippen LogP contribution is 2.18. The van der Waals surface area contributed by atoms with E-state index in [4.69, 9.17) is 9.47 Å². The first-order valence-corrected chi connectivity index (χ1v) is 7.12. The molecule has 0 spiro atoms. The molecule has 1 saturated heterocycles. The molecule has 116 valence electrons. The second kappa shape index (κ2) is 6.30. The zero-order valence-corrected chi connectivity index (χ0v) is 13.0. The van der Waals surface area contributed by atoms with E-state index in [1.165, 1.54) is 0 Å². The van der Waals surface area contributed by atoms with Gasteiger partial charge in [-0.05, 0) is 39.8 Å². The lowest BCUT2D eigenvalue weighted by molar-refractivity contribution is 0.104. The quantitative estimate of drug-likeness (QED) is 0.865. The summed E-state index contributed by atoms with van der Waals surface area (Å²) < 4.78 is 10.8. The molecule has 6 nitrogen and oxygen atoms in total. The normalized spacial score (nSPS) is 18.3. The van der Waals surface area contributed by atoms with Gasteiger partial charge < -0.3 is 20.1 Å². The van der Waals surface area contributed by atoms with Gasteiger partial charge in [0.05, 0.1) is 12.2 Å². The Hall–Kier alpha value is -1.82. The van der Waals surface area contributed by atoms with E-state index in [0.29, 0.717) is 19.7 Å². The molecule has 1 aliphatic heterocycles. The zero-order chi connectivity index (χ0) is 15.5. The van der Waals surface area contributed by atoms with E-state index in [1.807, 2.05) is 19.1 Å². The highest BCUT2D eigenvalue weighted by molar-refractivity contribution is 5.69. The van der Waals surface area contributed by atoms with Crippen molar-refractivity contribution >= 4 is 6.09 Å². The van der Waals surface area contributed by atoms with Crippen molar-refractivity contribution in [3.8, 4) is 5.75 Å². The van der Waals surface area contributed by atoms with Crippen molar-refractivity contribution in [2.45, 2.75) is 45.9 Å². The third kappa shape index (κ3) is 4.90. The van der Waals surface area contributed by atoms with Gasteiger partial charge in [-0.15, -0.1) is 0 Å². The van der Waals surface area contributed by atoms with E-state index in [9.17, 15) is 4.79 Å². The Morgan fingerprint density at radius 3 is 2.86 bits per heavy atom. The first-order valence-electron chi connectivity index (χ1n) is 7.12. The number of aryl methyl sites for hydroxylation is 1. The molecule has 2 rings (SSSR count). The molecule has 1 aliphatic rings. The van der Waals surface area contributed by atoms with Gasteiger partial charge in [-0.1, -0.05) is 0 Å². The van der Waals surface area contributed by atoms with Gasteiger partial charge in [0.25, 0.3) is 0 Å². The van der Waals surface area contributed by atoms with Crippen LogP contribution < -0.4 is 15.4 Å². The number of alkyl carbamates (subject to hydrolysis) is 1. The fourth-order valence-electron chi connectivity index (χ4n) is 1.91. The molecule has 0 bridgehead atoms. The first-order chi connectivity index (χ1) is 9.83. The van der Waals surface area contributed by atoms with Gasteiger partial charge in [0.15, 0.2) is 6.10 Å². The average Bonchev–Trinajstić information content (AvgIpc) is 2.80. The van der Waals surface area contributed by atoms with Crippen molar-refractivity contribution in [1.29, 1.82) is 0 Å². The maximum atomic E-state index is 11.0. The molecule has 0 aliphatic carbocycles. The van der Waals surface area contributed by atoms with Crippen LogP contribution in [0.25, 0.3) is 0 Å². The van der Waals surface area contributed by atoms with Crippen molar-refractivity contribution < 1.29 is 14.3 Å². The minimum absolute atomic E-state index is 0.00754. The summed E-state index contributed by atoms with van der Waals surface area (Å²) in [5, 5.41) is 6.01. The predicted molar refractivity (Wildman–Crippen MR) is 79.3 cm³/mol. The third-order valence-electron chi connectivity index (χ3n) is 3.03. The Morgan fingerprint density at radius 2 is 2.24 bits per heavy atom. The highest BCUT2D eigenvalue weighted by atomic mass is 16.6. The lowest BCUT2D eigenvalue weighted by Gasteiger charge is -2.21. The smallest absolute Gasteiger partial charge is 0.407 e. The van der Waals surface area contributed by atoms with Gasteiger partial charge in [-0.25, -0.2) is 4.79 Å². The highest BCUT2D eigenvalue weighted by Gasteiger charge is 2.23. The number of pyridine rings is 1. The average molecular weight is 293 g/mol. The number of nitrogens with zero attached hydrogens (tertiary/aromatic N) is 1. The van der Waals surface area contributed by atoms with Crippen LogP contribution in [-0.4, -0.2) is 35.9 Å². The summed E-state index contributed by atoms with van der Waals surface area (Å²) >= 11 is 0. The zero-order valence-electron chi connectivity index (χ0n) is 13.0. The number of nitrogens with one attached hydrogen (secondary N) is 2. The Labute approximate surface area is 125 Å². The lowest BCUT2D eigenvalue weighted by atomic mass is 10.1. The molecule has 0 radical (unpaired) electrons. The number of hydrogen-bond donors (Lipinski definition) is 2. The molecule has 0 aromatic carbocycles. The number of carbonyl (C=O) groups is 1. The van der Waals surface area contributed by atoms with Gasteiger partial charge in [0.1, 0.15) is 12.4 Å². The molecule has 1 aromatic heterocycles. The van der Waals surface area contributed by atoms with Crippen LogP contribution in [-0.2, 0) is 11.3 Å². The molecule has 1 atom stereocenters. The van der Waals surface area contributed by atoms with Crippen molar-refractivity contribution in [2.75, 3.05) is 13.2 Å². The first kappa shape index (κ1) is 15.6. The summed E-state index contributed by atoms with van der Waals surface area (Å²) in [4.78, 5) is 15.5. The minimum atomic E-state index is -0.389. The van der Waals surface area contributed by atoms with Crippen LogP contribution in [0.2, 0.25) is 0 Å². The fourth-order valence-corrected chi connectivity index (χ4v) is 1.91. The molecule has 0 saturated carbocycles. The Kier molecular flexibility index (Phi) is 4.67. The Morgan fingerprint density at radius 1 is 1.48 bits per heavy atom. The van der Waals surface area contributed by atoms with E-state index < -0.39 is 0 Å². The standard InChI is InChI=1S/C15H23N3O3/c1-10-5-6-13(12(18-10)8-17-15(2,3)4)20-9-11-7-16-14(19)21-11/h5-6,11,17H,7-9H2,1-4H3,(H,16,19). The number of cyclic esters (lactones) is 1. The second-order valence-corrected chi connectivity index (χ2v) is 6.22. The third-order valence-corrected chi connectivity index (χ3v) is 3.03. The topological polar surface area (TPSA) is 72.5 Å². The number of carbonyl (C=O) groups excluding carboxylic acids is 1. The van der Waals surface area contributed by atoms with Gasteiger partial charge in [-0.2, -0.15) is 0 Å². The Balaban J connectivity index is 1.99. The summed E-state index contributed by atoms with van der Waals surface area (Å²) in [6.45, 7) is 9.70. The summed E-state index contributed by atoms with van der Waals surface area (Å²) in [5.74, 6) is 0.722. The molecule has 2 N–H and O–H groups in total. The van der Waals surface area contributed by atoms with Crippen molar-refractivity contribution in [1.82, 2.24) is 15.6 Å². The molecule has 1 fully saturated rings. The lowest BCUT2D eigenvalue weighted by Crippen LogP contribution is -2.35. The number of hydrogen-bond acceptors (Lipinski definition) is 5. The van der Waals surface area contributed by atoms with Crippen LogP contribution in [0.3, 0.4) is 0 Å². The van der Waals surface area contributed by atoms with Gasteiger partial charge >= 0.3 is 6.09 Å². The number of amides is 1. The summed E-state index contributed by atoms with van der Waals surface area (Å²) in [5.41, 5.74) is 1.82. The van der Waals surface area contributed by atoms with Gasteiger partial charge in [0.2, 0.25) is 0 Å². The van der Waals surface area contributed by atoms with Crippen LogP contribution >= 0.6 is 0 Å². The molecule has 2 heterocycles. The molecular weight excluding hydrogens is 270 g/mol. The van der Waals surface area contributed by atoms with Crippen molar-refractivity contribution in [3.05, 3.63) is 23.5 Å². The maximum Gasteiger partial charge on any atom is 0.407 e. The number of ether oxygens (including phenoxy) is 2. The largest absolute Gasteiger partial charge is 0.488 e. The van der Waals surface area contributed by atoms with E-state index in [-0.39, 0.29) is 17.7 Å². The van der Waals surface area contributed by atoms with Gasteiger partial charge in [0, 0.05) is 17.8 Å². The minimum Gasteiger partial charge on any atom is -0.488 e. The molecule has 21 heavy (non-hydrogen) atoms.